The molecule has 0 saturated carbocycles. The largest absolute Gasteiger partial charge is 0.310 e. The number of nitrogens with zero attached hydrogens (tertiary/aromatic N) is 1. The summed E-state index contributed by atoms with van der Waals surface area (Å²) in [4.78, 5) is 2.36. The van der Waals surface area contributed by atoms with E-state index < -0.39 is 0 Å². The maximum absolute atomic E-state index is 2.36. The zero-order valence-corrected chi connectivity index (χ0v) is 24.4. The highest BCUT2D eigenvalue weighted by Gasteiger charge is 2.15. The van der Waals surface area contributed by atoms with E-state index in [4.69, 9.17) is 0 Å². The molecule has 0 aromatic heterocycles. The molecule has 204 valence electrons. The summed E-state index contributed by atoms with van der Waals surface area (Å²) >= 11 is 0. The van der Waals surface area contributed by atoms with Crippen LogP contribution in [0.15, 0.2) is 140 Å². The van der Waals surface area contributed by atoms with Gasteiger partial charge in [-0.3, -0.25) is 0 Å². The summed E-state index contributed by atoms with van der Waals surface area (Å²) in [5, 5.41) is 10.4. The van der Waals surface area contributed by atoms with E-state index in [1.807, 2.05) is 0 Å². The molecule has 0 aliphatic rings. The van der Waals surface area contributed by atoms with Crippen molar-refractivity contribution in [2.24, 2.45) is 0 Å². The average molecular weight is 550 g/mol. The lowest BCUT2D eigenvalue weighted by Crippen LogP contribution is -2.10. The summed E-state index contributed by atoms with van der Waals surface area (Å²) in [6.45, 7) is 4.31. The molecular formula is C42H31N. The Morgan fingerprint density at radius 1 is 0.419 bits per heavy atom. The van der Waals surface area contributed by atoms with Crippen LogP contribution in [0, 0.1) is 13.8 Å². The van der Waals surface area contributed by atoms with Gasteiger partial charge in [0.1, 0.15) is 0 Å². The second-order valence-electron chi connectivity index (χ2n) is 11.7. The average Bonchev–Trinajstić information content (AvgIpc) is 3.04. The van der Waals surface area contributed by atoms with E-state index >= 15 is 0 Å². The minimum absolute atomic E-state index is 1.13. The van der Waals surface area contributed by atoms with Gasteiger partial charge in [0.25, 0.3) is 0 Å². The molecule has 0 saturated heterocycles. The minimum Gasteiger partial charge on any atom is -0.310 e. The zero-order valence-electron chi connectivity index (χ0n) is 24.4. The van der Waals surface area contributed by atoms with E-state index in [9.17, 15) is 0 Å². The van der Waals surface area contributed by atoms with Gasteiger partial charge in [-0.25, -0.2) is 0 Å². The number of anilines is 3. The lowest BCUT2D eigenvalue weighted by atomic mass is 9.92. The van der Waals surface area contributed by atoms with Crippen molar-refractivity contribution in [3.63, 3.8) is 0 Å². The van der Waals surface area contributed by atoms with Gasteiger partial charge in [0.2, 0.25) is 0 Å². The van der Waals surface area contributed by atoms with Crippen LogP contribution in [0.5, 0.6) is 0 Å². The Labute approximate surface area is 252 Å². The Hall–Kier alpha value is -5.40. The van der Waals surface area contributed by atoms with Crippen molar-refractivity contribution in [1.82, 2.24) is 0 Å². The third-order valence-electron chi connectivity index (χ3n) is 8.62. The monoisotopic (exact) mass is 549 g/mol. The summed E-state index contributed by atoms with van der Waals surface area (Å²) < 4.78 is 0. The first kappa shape index (κ1) is 25.3. The fourth-order valence-corrected chi connectivity index (χ4v) is 6.56. The number of rotatable bonds is 5. The predicted octanol–water partition coefficient (Wildman–Crippen LogP) is 12.0. The van der Waals surface area contributed by atoms with Crippen LogP contribution in [-0.4, -0.2) is 0 Å². The summed E-state index contributed by atoms with van der Waals surface area (Å²) in [5.41, 5.74) is 8.40. The quantitative estimate of drug-likeness (QED) is 0.152. The van der Waals surface area contributed by atoms with Crippen LogP contribution in [0.1, 0.15) is 22.3 Å². The van der Waals surface area contributed by atoms with Gasteiger partial charge in [-0.05, 0) is 111 Å². The summed E-state index contributed by atoms with van der Waals surface area (Å²) in [6.07, 6.45) is 4.45. The molecule has 0 N–H and O–H groups in total. The van der Waals surface area contributed by atoms with Crippen LogP contribution in [0.2, 0.25) is 0 Å². The van der Waals surface area contributed by atoms with Gasteiger partial charge in [-0.15, -0.1) is 0 Å². The van der Waals surface area contributed by atoms with Crippen LogP contribution in [-0.2, 0) is 0 Å². The Balaban J connectivity index is 1.16. The molecule has 8 aromatic rings. The third-order valence-corrected chi connectivity index (χ3v) is 8.62. The zero-order chi connectivity index (χ0) is 28.9. The van der Waals surface area contributed by atoms with Crippen molar-refractivity contribution in [3.8, 4) is 0 Å². The molecule has 1 nitrogen and oxygen atoms in total. The maximum Gasteiger partial charge on any atom is 0.0540 e. The number of aryl methyl sites for hydroxylation is 2. The van der Waals surface area contributed by atoms with Gasteiger partial charge >= 0.3 is 0 Å². The molecule has 43 heavy (non-hydrogen) atoms. The van der Waals surface area contributed by atoms with Gasteiger partial charge in [-0.2, -0.15) is 0 Å². The number of hydrogen-bond acceptors (Lipinski definition) is 1. The lowest BCUT2D eigenvalue weighted by Gasteiger charge is -2.27. The molecule has 8 aromatic carbocycles. The Morgan fingerprint density at radius 3 is 1.60 bits per heavy atom. The van der Waals surface area contributed by atoms with Crippen LogP contribution >= 0.6 is 0 Å². The number of fused-ring (bicyclic) bond motifs is 1. The molecule has 0 heterocycles. The topological polar surface area (TPSA) is 3.24 Å². The predicted molar refractivity (Wildman–Crippen MR) is 187 cm³/mol. The molecule has 0 fully saturated rings. The van der Waals surface area contributed by atoms with Gasteiger partial charge in [-0.1, -0.05) is 115 Å². The standard InChI is InChI=1S/C42H31N/c1-28-10-20-37(21-11-28)43(40-9-5-7-32-6-3-4-8-39(32)40)38-22-14-30(15-23-38)12-13-31-26-35-18-16-33-24-29(2)25-34-17-19-36(27-31)42(35)41(33)34/h3-27H,1-2H3. The van der Waals surface area contributed by atoms with Crippen LogP contribution < -0.4 is 4.90 Å². The highest BCUT2D eigenvalue weighted by Crippen LogP contribution is 2.39. The molecule has 1 heteroatoms. The van der Waals surface area contributed by atoms with E-state index in [1.165, 1.54) is 71.0 Å². The molecule has 0 radical (unpaired) electrons. The molecule has 8 rings (SSSR count). The van der Waals surface area contributed by atoms with Crippen molar-refractivity contribution in [2.45, 2.75) is 13.8 Å². The lowest BCUT2D eigenvalue weighted by molar-refractivity contribution is 1.29. The highest BCUT2D eigenvalue weighted by atomic mass is 15.1. The molecule has 0 atom stereocenters. The summed E-state index contributed by atoms with van der Waals surface area (Å²) in [7, 11) is 0. The minimum atomic E-state index is 1.13. The van der Waals surface area contributed by atoms with Crippen molar-refractivity contribution < 1.29 is 0 Å². The molecule has 0 bridgehead atoms. The van der Waals surface area contributed by atoms with Gasteiger partial charge < -0.3 is 4.90 Å². The smallest absolute Gasteiger partial charge is 0.0540 e. The van der Waals surface area contributed by atoms with Gasteiger partial charge in [0.15, 0.2) is 0 Å². The Morgan fingerprint density at radius 2 is 0.953 bits per heavy atom. The van der Waals surface area contributed by atoms with E-state index in [-0.39, 0.29) is 0 Å². The number of hydrogen-bond donors (Lipinski definition) is 0. The second kappa shape index (κ2) is 10.2. The fourth-order valence-electron chi connectivity index (χ4n) is 6.56. The Bertz CT molecular complexity index is 2220. The first-order valence-corrected chi connectivity index (χ1v) is 14.9. The molecule has 0 aliphatic carbocycles. The van der Waals surface area contributed by atoms with Crippen LogP contribution in [0.25, 0.3) is 55.2 Å². The summed E-state index contributed by atoms with van der Waals surface area (Å²) in [5.74, 6) is 0. The van der Waals surface area contributed by atoms with Crippen molar-refractivity contribution >= 4 is 72.3 Å². The van der Waals surface area contributed by atoms with Crippen molar-refractivity contribution in [2.75, 3.05) is 4.90 Å². The molecule has 0 unspecified atom stereocenters. The second-order valence-corrected chi connectivity index (χ2v) is 11.7. The first-order chi connectivity index (χ1) is 21.1. The molecular weight excluding hydrogens is 518 g/mol. The van der Waals surface area contributed by atoms with E-state index in [0.717, 1.165) is 11.4 Å². The molecule has 0 amide bonds. The van der Waals surface area contributed by atoms with Crippen LogP contribution in [0.4, 0.5) is 17.1 Å². The van der Waals surface area contributed by atoms with E-state index in [1.54, 1.807) is 0 Å². The van der Waals surface area contributed by atoms with Crippen molar-refractivity contribution in [1.29, 1.82) is 0 Å². The molecule has 0 spiro atoms. The van der Waals surface area contributed by atoms with E-state index in [2.05, 4.69) is 170 Å². The normalized spacial score (nSPS) is 11.9. The Kier molecular flexibility index (Phi) is 5.98. The van der Waals surface area contributed by atoms with Crippen molar-refractivity contribution in [3.05, 3.63) is 162 Å². The van der Waals surface area contributed by atoms with Crippen LogP contribution in [0.3, 0.4) is 0 Å². The number of benzene rings is 8. The molecule has 0 aliphatic heterocycles. The SMILES string of the molecule is Cc1ccc(N(c2ccc(C=Cc3cc4ccc5cc(C)cc6ccc(c3)c4c56)cc2)c2cccc3ccccc23)cc1. The summed E-state index contributed by atoms with van der Waals surface area (Å²) in [6, 6.07) is 51.1. The van der Waals surface area contributed by atoms with Gasteiger partial charge in [0.05, 0.1) is 5.69 Å². The highest BCUT2D eigenvalue weighted by molar-refractivity contribution is 6.23. The maximum atomic E-state index is 2.36. The van der Waals surface area contributed by atoms with E-state index in [0.29, 0.717) is 0 Å². The third kappa shape index (κ3) is 4.51. The first-order valence-electron chi connectivity index (χ1n) is 14.9. The van der Waals surface area contributed by atoms with Gasteiger partial charge in [0, 0.05) is 16.8 Å². The fraction of sp³-hybridized carbons (Fsp3) is 0.0476.